The minimum Gasteiger partial charge on any atom is -0.445 e. The molecule has 0 radical (unpaired) electrons. The molecule has 1 aromatic carbocycles. The number of carbonyl (C=O) groups excluding carboxylic acids is 2. The van der Waals surface area contributed by atoms with Crippen LogP contribution in [0.3, 0.4) is 0 Å². The molecule has 0 aliphatic carbocycles. The van der Waals surface area contributed by atoms with Gasteiger partial charge in [0.15, 0.2) is 0 Å². The fourth-order valence-electron chi connectivity index (χ4n) is 2.43. The molecule has 1 heterocycles. The molecule has 1 aliphatic rings. The first-order valence-electron chi connectivity index (χ1n) is 7.00. The van der Waals surface area contributed by atoms with Crippen LogP contribution in [-0.2, 0) is 16.1 Å². The number of likely N-dealkylation sites (tertiary alicyclic amines) is 1. The number of nitrogens with one attached hydrogen (secondary N) is 1. The van der Waals surface area contributed by atoms with E-state index in [1.807, 2.05) is 30.3 Å². The van der Waals surface area contributed by atoms with Gasteiger partial charge in [0, 0.05) is 19.1 Å². The molecular formula is C15H19ClN2O3. The minimum atomic E-state index is -0.468. The van der Waals surface area contributed by atoms with Crippen molar-refractivity contribution in [3.8, 4) is 0 Å². The number of alkyl halides is 1. The average molecular weight is 311 g/mol. The number of hydrogen-bond donors (Lipinski definition) is 1. The van der Waals surface area contributed by atoms with E-state index in [9.17, 15) is 9.59 Å². The minimum absolute atomic E-state index is 0.0144. The number of carbonyl (C=O) groups is 2. The van der Waals surface area contributed by atoms with Crippen molar-refractivity contribution >= 4 is 23.6 Å². The van der Waals surface area contributed by atoms with E-state index in [1.54, 1.807) is 4.90 Å². The first-order valence-corrected chi connectivity index (χ1v) is 7.54. The second-order valence-corrected chi connectivity index (χ2v) is 5.23. The van der Waals surface area contributed by atoms with Crippen LogP contribution in [0.15, 0.2) is 30.3 Å². The van der Waals surface area contributed by atoms with Crippen LogP contribution in [0.1, 0.15) is 18.4 Å². The van der Waals surface area contributed by atoms with Crippen LogP contribution in [0.5, 0.6) is 0 Å². The van der Waals surface area contributed by atoms with Crippen molar-refractivity contribution in [2.45, 2.75) is 25.5 Å². The number of hydrogen-bond acceptors (Lipinski definition) is 3. The third kappa shape index (κ3) is 4.63. The Morgan fingerprint density at radius 1 is 1.33 bits per heavy atom. The Labute approximate surface area is 129 Å². The highest BCUT2D eigenvalue weighted by atomic mass is 35.5. The molecular weight excluding hydrogens is 292 g/mol. The first kappa shape index (κ1) is 15.6. The zero-order valence-corrected chi connectivity index (χ0v) is 12.5. The van der Waals surface area contributed by atoms with E-state index < -0.39 is 6.09 Å². The Hall–Kier alpha value is -1.75. The lowest BCUT2D eigenvalue weighted by atomic mass is 10.2. The van der Waals surface area contributed by atoms with Crippen molar-refractivity contribution in [3.05, 3.63) is 35.9 Å². The highest BCUT2D eigenvalue weighted by Crippen LogP contribution is 2.17. The number of rotatable bonds is 5. The van der Waals surface area contributed by atoms with Gasteiger partial charge in [0.1, 0.15) is 12.5 Å². The number of halogens is 1. The normalized spacial score (nSPS) is 17.6. The van der Waals surface area contributed by atoms with Crippen LogP contribution in [0.2, 0.25) is 0 Å². The van der Waals surface area contributed by atoms with Crippen LogP contribution >= 0.6 is 11.6 Å². The molecule has 2 amide bonds. The Balaban J connectivity index is 1.72. The predicted molar refractivity (Wildman–Crippen MR) is 80.1 cm³/mol. The maximum atomic E-state index is 11.7. The van der Waals surface area contributed by atoms with Crippen molar-refractivity contribution < 1.29 is 14.3 Å². The Kier molecular flexibility index (Phi) is 5.87. The monoisotopic (exact) mass is 310 g/mol. The highest BCUT2D eigenvalue weighted by molar-refractivity contribution is 6.27. The van der Waals surface area contributed by atoms with E-state index in [4.69, 9.17) is 16.3 Å². The molecule has 1 saturated heterocycles. The summed E-state index contributed by atoms with van der Waals surface area (Å²) in [6, 6.07) is 9.50. The van der Waals surface area contributed by atoms with Gasteiger partial charge in [-0.2, -0.15) is 0 Å². The Morgan fingerprint density at radius 3 is 2.81 bits per heavy atom. The maximum absolute atomic E-state index is 11.7. The lowest BCUT2D eigenvalue weighted by Crippen LogP contribution is -2.43. The summed E-state index contributed by atoms with van der Waals surface area (Å²) in [5.41, 5.74) is 0.937. The first-order chi connectivity index (χ1) is 10.2. The van der Waals surface area contributed by atoms with E-state index >= 15 is 0 Å². The third-order valence-electron chi connectivity index (χ3n) is 3.51. The molecule has 21 heavy (non-hydrogen) atoms. The van der Waals surface area contributed by atoms with Crippen molar-refractivity contribution in [2.75, 3.05) is 19.0 Å². The van der Waals surface area contributed by atoms with Gasteiger partial charge in [-0.1, -0.05) is 30.3 Å². The summed E-state index contributed by atoms with van der Waals surface area (Å²) in [4.78, 5) is 25.0. The number of alkyl carbamates (subject to hydrolysis) is 1. The Morgan fingerprint density at radius 2 is 2.10 bits per heavy atom. The fourth-order valence-corrected chi connectivity index (χ4v) is 2.58. The van der Waals surface area contributed by atoms with Gasteiger partial charge in [0.05, 0.1) is 0 Å². The van der Waals surface area contributed by atoms with Gasteiger partial charge >= 0.3 is 6.09 Å². The Bertz CT molecular complexity index is 481. The zero-order chi connectivity index (χ0) is 15.1. The molecule has 1 fully saturated rings. The van der Waals surface area contributed by atoms with Crippen LogP contribution in [0.25, 0.3) is 0 Å². The lowest BCUT2D eigenvalue weighted by Gasteiger charge is -2.24. The summed E-state index contributed by atoms with van der Waals surface area (Å²) in [6.07, 6.45) is 1.35. The van der Waals surface area contributed by atoms with Crippen LogP contribution in [0, 0.1) is 0 Å². The molecule has 2 rings (SSSR count). The van der Waals surface area contributed by atoms with Gasteiger partial charge < -0.3 is 15.0 Å². The van der Waals surface area contributed by atoms with Crippen LogP contribution in [0.4, 0.5) is 4.79 Å². The SMILES string of the molecule is O=C(NCC1CCCN1C(=O)CCl)OCc1ccccc1. The maximum Gasteiger partial charge on any atom is 0.407 e. The molecule has 1 aliphatic heterocycles. The van der Waals surface area contributed by atoms with Gasteiger partial charge in [0.25, 0.3) is 0 Å². The molecule has 0 saturated carbocycles. The van der Waals surface area contributed by atoms with Crippen LogP contribution < -0.4 is 5.32 Å². The van der Waals surface area contributed by atoms with Crippen molar-refractivity contribution in [3.63, 3.8) is 0 Å². The molecule has 0 spiro atoms. The second-order valence-electron chi connectivity index (χ2n) is 4.96. The standard InChI is InChI=1S/C15H19ClN2O3/c16-9-14(19)18-8-4-7-13(18)10-17-15(20)21-11-12-5-2-1-3-6-12/h1-3,5-6,13H,4,7-11H2,(H,17,20). The molecule has 1 atom stereocenters. The van der Waals surface area contributed by atoms with Crippen molar-refractivity contribution in [2.24, 2.45) is 0 Å². The smallest absolute Gasteiger partial charge is 0.407 e. The van der Waals surface area contributed by atoms with Crippen LogP contribution in [-0.4, -0.2) is 41.9 Å². The fraction of sp³-hybridized carbons (Fsp3) is 0.467. The van der Waals surface area contributed by atoms with Gasteiger partial charge in [-0.05, 0) is 18.4 Å². The summed E-state index contributed by atoms with van der Waals surface area (Å²) in [6.45, 7) is 1.34. The molecule has 5 nitrogen and oxygen atoms in total. The summed E-state index contributed by atoms with van der Waals surface area (Å²) >= 11 is 5.57. The molecule has 1 aromatic rings. The summed E-state index contributed by atoms with van der Waals surface area (Å²) in [5.74, 6) is -0.104. The topological polar surface area (TPSA) is 58.6 Å². The summed E-state index contributed by atoms with van der Waals surface area (Å²) < 4.78 is 5.13. The largest absolute Gasteiger partial charge is 0.445 e. The van der Waals surface area contributed by atoms with Gasteiger partial charge in [0.2, 0.25) is 5.91 Å². The quantitative estimate of drug-likeness (QED) is 0.848. The lowest BCUT2D eigenvalue weighted by molar-refractivity contribution is -0.129. The second kappa shape index (κ2) is 7.88. The van der Waals surface area contributed by atoms with E-state index in [2.05, 4.69) is 5.32 Å². The van der Waals surface area contributed by atoms with Gasteiger partial charge in [-0.25, -0.2) is 4.79 Å². The van der Waals surface area contributed by atoms with Gasteiger partial charge in [-0.3, -0.25) is 4.79 Å². The number of amides is 2. The van der Waals surface area contributed by atoms with E-state index in [0.29, 0.717) is 13.1 Å². The summed E-state index contributed by atoms with van der Waals surface area (Å²) in [5, 5.41) is 2.71. The number of nitrogens with zero attached hydrogens (tertiary/aromatic N) is 1. The van der Waals surface area contributed by atoms with Crippen molar-refractivity contribution in [1.29, 1.82) is 0 Å². The summed E-state index contributed by atoms with van der Waals surface area (Å²) in [7, 11) is 0. The molecule has 114 valence electrons. The van der Waals surface area contributed by atoms with E-state index in [-0.39, 0.29) is 24.4 Å². The average Bonchev–Trinajstić information content (AvgIpc) is 2.99. The predicted octanol–water partition coefficient (Wildman–Crippen LogP) is 2.14. The molecule has 1 unspecified atom stereocenters. The van der Waals surface area contributed by atoms with Crippen molar-refractivity contribution in [1.82, 2.24) is 10.2 Å². The highest BCUT2D eigenvalue weighted by Gasteiger charge is 2.28. The van der Waals surface area contributed by atoms with Gasteiger partial charge in [-0.15, -0.1) is 11.6 Å². The molecule has 1 N–H and O–H groups in total. The third-order valence-corrected chi connectivity index (χ3v) is 3.74. The molecule has 0 bridgehead atoms. The van der Waals surface area contributed by atoms with E-state index in [0.717, 1.165) is 18.4 Å². The zero-order valence-electron chi connectivity index (χ0n) is 11.8. The molecule has 0 aromatic heterocycles. The van der Waals surface area contributed by atoms with E-state index in [1.165, 1.54) is 0 Å². The molecule has 6 heteroatoms. The number of ether oxygens (including phenoxy) is 1. The number of benzene rings is 1.